The van der Waals surface area contributed by atoms with Crippen molar-refractivity contribution in [3.63, 3.8) is 0 Å². The maximum absolute atomic E-state index is 12.1. The molecule has 96 valence electrons. The van der Waals surface area contributed by atoms with E-state index in [4.69, 9.17) is 9.84 Å². The monoisotopic (exact) mass is 250 g/mol. The number of amides is 1. The van der Waals surface area contributed by atoms with Gasteiger partial charge in [-0.05, 0) is 12.1 Å². The van der Waals surface area contributed by atoms with Crippen LogP contribution in [0.1, 0.15) is 10.4 Å². The highest BCUT2D eigenvalue weighted by molar-refractivity contribution is 5.97. The summed E-state index contributed by atoms with van der Waals surface area (Å²) in [6, 6.07) is 3.12. The quantitative estimate of drug-likeness (QED) is 0.755. The van der Waals surface area contributed by atoms with Crippen molar-refractivity contribution in [3.8, 4) is 5.88 Å². The van der Waals surface area contributed by atoms with Crippen molar-refractivity contribution < 1.29 is 19.4 Å². The molecule has 1 amide bonds. The predicted molar refractivity (Wildman–Crippen MR) is 64.5 cm³/mol. The molecule has 0 spiro atoms. The molecule has 0 unspecified atom stereocenters. The Hall–Kier alpha value is -2.37. The third-order valence-electron chi connectivity index (χ3n) is 2.16. The number of pyridine rings is 1. The highest BCUT2D eigenvalue weighted by atomic mass is 16.5. The maximum atomic E-state index is 12.1. The fourth-order valence-corrected chi connectivity index (χ4v) is 1.42. The first-order valence-corrected chi connectivity index (χ1v) is 5.21. The van der Waals surface area contributed by atoms with Crippen LogP contribution in [0.5, 0.6) is 5.88 Å². The van der Waals surface area contributed by atoms with Crippen LogP contribution in [-0.4, -0.2) is 47.1 Å². The van der Waals surface area contributed by atoms with E-state index < -0.39 is 18.4 Å². The van der Waals surface area contributed by atoms with Gasteiger partial charge in [-0.2, -0.15) is 0 Å². The Morgan fingerprint density at radius 2 is 2.33 bits per heavy atom. The lowest BCUT2D eigenvalue weighted by molar-refractivity contribution is -0.137. The van der Waals surface area contributed by atoms with Gasteiger partial charge in [0.2, 0.25) is 5.88 Å². The summed E-state index contributed by atoms with van der Waals surface area (Å²) < 4.78 is 4.97. The fourth-order valence-electron chi connectivity index (χ4n) is 1.42. The average Bonchev–Trinajstić information content (AvgIpc) is 2.37. The number of methoxy groups -OCH3 is 1. The molecule has 1 aromatic rings. The van der Waals surface area contributed by atoms with Gasteiger partial charge in [0, 0.05) is 12.7 Å². The molecule has 0 aliphatic carbocycles. The second-order valence-corrected chi connectivity index (χ2v) is 3.43. The number of rotatable bonds is 6. The van der Waals surface area contributed by atoms with E-state index in [0.717, 1.165) is 4.90 Å². The standard InChI is InChI=1S/C12H14N2O4/c1-3-7-14(8-10(15)16)12(17)9-5-4-6-13-11(9)18-2/h3-6H,1,7-8H2,2H3,(H,15,16). The van der Waals surface area contributed by atoms with E-state index in [-0.39, 0.29) is 18.0 Å². The Balaban J connectivity index is 3.00. The van der Waals surface area contributed by atoms with Crippen LogP contribution >= 0.6 is 0 Å². The zero-order valence-electron chi connectivity index (χ0n) is 10.00. The number of aliphatic carboxylic acids is 1. The molecule has 1 N–H and O–H groups in total. The van der Waals surface area contributed by atoms with Crippen molar-refractivity contribution >= 4 is 11.9 Å². The van der Waals surface area contributed by atoms with Gasteiger partial charge in [-0.25, -0.2) is 4.98 Å². The van der Waals surface area contributed by atoms with Crippen molar-refractivity contribution in [1.29, 1.82) is 0 Å². The highest BCUT2D eigenvalue weighted by Crippen LogP contribution is 2.16. The summed E-state index contributed by atoms with van der Waals surface area (Å²) >= 11 is 0. The van der Waals surface area contributed by atoms with Gasteiger partial charge in [0.15, 0.2) is 0 Å². The number of carbonyl (C=O) groups is 2. The molecule has 18 heavy (non-hydrogen) atoms. The van der Waals surface area contributed by atoms with E-state index in [1.807, 2.05) is 0 Å². The summed E-state index contributed by atoms with van der Waals surface area (Å²) in [5, 5.41) is 8.76. The summed E-state index contributed by atoms with van der Waals surface area (Å²) in [6.45, 7) is 3.23. The first-order chi connectivity index (χ1) is 8.60. The molecule has 0 bridgehead atoms. The van der Waals surface area contributed by atoms with Crippen molar-refractivity contribution in [1.82, 2.24) is 9.88 Å². The second-order valence-electron chi connectivity index (χ2n) is 3.43. The Bertz CT molecular complexity index is 459. The normalized spacial score (nSPS) is 9.61. The Morgan fingerprint density at radius 1 is 1.61 bits per heavy atom. The molecule has 0 saturated heterocycles. The number of carboxylic acid groups (broad SMARTS) is 1. The van der Waals surface area contributed by atoms with Gasteiger partial charge in [-0.15, -0.1) is 6.58 Å². The van der Waals surface area contributed by atoms with Crippen LogP contribution in [0.15, 0.2) is 31.0 Å². The first kappa shape index (κ1) is 13.7. The maximum Gasteiger partial charge on any atom is 0.323 e. The van der Waals surface area contributed by atoms with Crippen molar-refractivity contribution in [2.75, 3.05) is 20.2 Å². The van der Waals surface area contributed by atoms with Crippen molar-refractivity contribution in [2.24, 2.45) is 0 Å². The molecule has 0 aliphatic rings. The minimum absolute atomic E-state index is 0.142. The van der Waals surface area contributed by atoms with Crippen LogP contribution in [0.4, 0.5) is 0 Å². The molecular formula is C12H14N2O4. The van der Waals surface area contributed by atoms with Gasteiger partial charge in [-0.1, -0.05) is 6.08 Å². The molecule has 0 radical (unpaired) electrons. The van der Waals surface area contributed by atoms with E-state index in [2.05, 4.69) is 11.6 Å². The number of carbonyl (C=O) groups excluding carboxylic acids is 1. The van der Waals surface area contributed by atoms with Gasteiger partial charge < -0.3 is 14.7 Å². The van der Waals surface area contributed by atoms with Gasteiger partial charge in [0.25, 0.3) is 5.91 Å². The average molecular weight is 250 g/mol. The van der Waals surface area contributed by atoms with Crippen LogP contribution in [0.25, 0.3) is 0 Å². The lowest BCUT2D eigenvalue weighted by Gasteiger charge is -2.19. The molecule has 0 atom stereocenters. The molecule has 0 fully saturated rings. The summed E-state index contributed by atoms with van der Waals surface area (Å²) in [4.78, 5) is 27.9. The van der Waals surface area contributed by atoms with Crippen LogP contribution in [-0.2, 0) is 4.79 Å². The van der Waals surface area contributed by atoms with Gasteiger partial charge in [0.1, 0.15) is 12.1 Å². The number of hydrogen-bond acceptors (Lipinski definition) is 4. The van der Waals surface area contributed by atoms with Crippen LogP contribution in [0.3, 0.4) is 0 Å². The zero-order chi connectivity index (χ0) is 13.5. The van der Waals surface area contributed by atoms with E-state index in [9.17, 15) is 9.59 Å². The van der Waals surface area contributed by atoms with Crippen LogP contribution in [0.2, 0.25) is 0 Å². The van der Waals surface area contributed by atoms with Crippen LogP contribution < -0.4 is 4.74 Å². The molecule has 1 rings (SSSR count). The topological polar surface area (TPSA) is 79.7 Å². The van der Waals surface area contributed by atoms with E-state index in [1.165, 1.54) is 25.4 Å². The molecule has 0 aromatic carbocycles. The fraction of sp³-hybridized carbons (Fsp3) is 0.250. The van der Waals surface area contributed by atoms with Gasteiger partial charge in [0.05, 0.1) is 7.11 Å². The van der Waals surface area contributed by atoms with E-state index in [0.29, 0.717) is 0 Å². The lowest BCUT2D eigenvalue weighted by Crippen LogP contribution is -2.36. The first-order valence-electron chi connectivity index (χ1n) is 5.21. The molecule has 6 heteroatoms. The van der Waals surface area contributed by atoms with Crippen LogP contribution in [0, 0.1) is 0 Å². The highest BCUT2D eigenvalue weighted by Gasteiger charge is 2.21. The number of nitrogens with zero attached hydrogens (tertiary/aromatic N) is 2. The van der Waals surface area contributed by atoms with Gasteiger partial charge in [-0.3, -0.25) is 9.59 Å². The summed E-state index contributed by atoms with van der Waals surface area (Å²) in [7, 11) is 1.40. The van der Waals surface area contributed by atoms with E-state index >= 15 is 0 Å². The Kier molecular flexibility index (Phi) is 4.86. The number of hydrogen-bond donors (Lipinski definition) is 1. The second kappa shape index (κ2) is 6.39. The van der Waals surface area contributed by atoms with E-state index in [1.54, 1.807) is 6.07 Å². The minimum atomic E-state index is -1.09. The summed E-state index contributed by atoms with van der Waals surface area (Å²) in [6.07, 6.45) is 2.95. The third kappa shape index (κ3) is 3.31. The van der Waals surface area contributed by atoms with Gasteiger partial charge >= 0.3 is 5.97 Å². The summed E-state index contributed by atoms with van der Waals surface area (Å²) in [5.41, 5.74) is 0.225. The Morgan fingerprint density at radius 3 is 2.89 bits per heavy atom. The molecule has 1 aromatic heterocycles. The number of ether oxygens (including phenoxy) is 1. The smallest absolute Gasteiger partial charge is 0.323 e. The predicted octanol–water partition coefficient (Wildman–Crippen LogP) is 0.803. The number of carboxylic acids is 1. The molecule has 0 saturated carbocycles. The minimum Gasteiger partial charge on any atom is -0.480 e. The van der Waals surface area contributed by atoms with Crippen molar-refractivity contribution in [3.05, 3.63) is 36.5 Å². The zero-order valence-corrected chi connectivity index (χ0v) is 10.00. The summed E-state index contributed by atoms with van der Waals surface area (Å²) in [5.74, 6) is -1.38. The Labute approximate surface area is 105 Å². The molecule has 0 aliphatic heterocycles. The molecule has 1 heterocycles. The largest absolute Gasteiger partial charge is 0.480 e. The molecular weight excluding hydrogens is 236 g/mol. The van der Waals surface area contributed by atoms with Crippen molar-refractivity contribution in [2.45, 2.75) is 0 Å². The third-order valence-corrected chi connectivity index (χ3v) is 2.16. The molecule has 6 nitrogen and oxygen atoms in total. The number of aromatic nitrogens is 1. The lowest BCUT2D eigenvalue weighted by atomic mass is 10.2. The SMILES string of the molecule is C=CCN(CC(=O)O)C(=O)c1cccnc1OC.